The zero-order valence-corrected chi connectivity index (χ0v) is 12.2. The first-order valence-corrected chi connectivity index (χ1v) is 6.57. The number of pyridine rings is 1. The molecule has 0 saturated carbocycles. The fourth-order valence-corrected chi connectivity index (χ4v) is 2.12. The predicted octanol–water partition coefficient (Wildman–Crippen LogP) is 0.880. The third-order valence-corrected chi connectivity index (χ3v) is 3.16. The fraction of sp³-hybridized carbons (Fsp3) is 0.571. The minimum Gasteiger partial charge on any atom is -0.348 e. The van der Waals surface area contributed by atoms with Crippen LogP contribution in [0.5, 0.6) is 0 Å². The van der Waals surface area contributed by atoms with Gasteiger partial charge >= 0.3 is 0 Å². The van der Waals surface area contributed by atoms with Gasteiger partial charge in [-0.1, -0.05) is 13.0 Å². The minimum absolute atomic E-state index is 0.00241. The number of aromatic nitrogens is 1. The Hall–Kier alpha value is -1.46. The van der Waals surface area contributed by atoms with E-state index in [4.69, 9.17) is 5.73 Å². The van der Waals surface area contributed by atoms with Crippen LogP contribution < -0.4 is 5.73 Å². The lowest BCUT2D eigenvalue weighted by Crippen LogP contribution is -2.44. The number of likely N-dealkylation sites (N-methyl/N-ethyl adjacent to an activating group) is 2. The van der Waals surface area contributed by atoms with E-state index in [1.807, 2.05) is 32.2 Å². The summed E-state index contributed by atoms with van der Waals surface area (Å²) in [4.78, 5) is 19.7. The van der Waals surface area contributed by atoms with Gasteiger partial charge in [0.1, 0.15) is 0 Å². The van der Waals surface area contributed by atoms with Gasteiger partial charge in [-0.2, -0.15) is 0 Å². The topological polar surface area (TPSA) is 62.5 Å². The quantitative estimate of drug-likeness (QED) is 0.828. The van der Waals surface area contributed by atoms with Crippen LogP contribution in [0.3, 0.4) is 0 Å². The molecule has 0 aromatic carbocycles. The molecule has 106 valence electrons. The van der Waals surface area contributed by atoms with Crippen molar-refractivity contribution in [1.29, 1.82) is 0 Å². The molecule has 0 saturated heterocycles. The number of nitrogens with two attached hydrogens (primary N) is 1. The van der Waals surface area contributed by atoms with E-state index in [0.29, 0.717) is 6.54 Å². The highest BCUT2D eigenvalue weighted by Crippen LogP contribution is 2.22. The van der Waals surface area contributed by atoms with Crippen LogP contribution in [-0.4, -0.2) is 53.9 Å². The summed E-state index contributed by atoms with van der Waals surface area (Å²) in [6.45, 7) is 5.13. The zero-order chi connectivity index (χ0) is 14.4. The fourth-order valence-electron chi connectivity index (χ4n) is 2.12. The van der Waals surface area contributed by atoms with E-state index in [-0.39, 0.29) is 18.0 Å². The molecule has 2 atom stereocenters. The normalized spacial score (nSPS) is 14.2. The zero-order valence-electron chi connectivity index (χ0n) is 12.2. The molecule has 1 aromatic heterocycles. The van der Waals surface area contributed by atoms with Gasteiger partial charge in [0.05, 0.1) is 12.6 Å². The maximum atomic E-state index is 11.9. The van der Waals surface area contributed by atoms with Crippen LogP contribution in [0.15, 0.2) is 24.5 Å². The molecule has 0 aliphatic carbocycles. The molecule has 5 nitrogen and oxygen atoms in total. The van der Waals surface area contributed by atoms with Gasteiger partial charge in [-0.15, -0.1) is 0 Å². The monoisotopic (exact) mass is 264 g/mol. The molecule has 0 radical (unpaired) electrons. The Balaban J connectivity index is 2.93. The van der Waals surface area contributed by atoms with Crippen molar-refractivity contribution in [3.63, 3.8) is 0 Å². The molecule has 0 aliphatic heterocycles. The SMILES string of the molecule is CCN(CC(=O)N(C)C)C(c1cccnc1)C(C)N. The van der Waals surface area contributed by atoms with Gasteiger partial charge in [0, 0.05) is 32.5 Å². The number of carbonyl (C=O) groups is 1. The smallest absolute Gasteiger partial charge is 0.236 e. The standard InChI is InChI=1S/C14H24N4O/c1-5-18(10-13(19)17(3)4)14(11(2)15)12-7-6-8-16-9-12/h6-9,11,14H,5,10,15H2,1-4H3. The molecule has 0 bridgehead atoms. The lowest BCUT2D eigenvalue weighted by molar-refractivity contribution is -0.130. The van der Waals surface area contributed by atoms with Crippen LogP contribution in [-0.2, 0) is 4.79 Å². The van der Waals surface area contributed by atoms with Gasteiger partial charge in [0.25, 0.3) is 0 Å². The third kappa shape index (κ3) is 4.29. The van der Waals surface area contributed by atoms with E-state index < -0.39 is 0 Å². The van der Waals surface area contributed by atoms with Crippen molar-refractivity contribution in [3.8, 4) is 0 Å². The molecular weight excluding hydrogens is 240 g/mol. The van der Waals surface area contributed by atoms with Crippen molar-refractivity contribution >= 4 is 5.91 Å². The maximum absolute atomic E-state index is 11.9. The summed E-state index contributed by atoms with van der Waals surface area (Å²) >= 11 is 0. The van der Waals surface area contributed by atoms with Crippen molar-refractivity contribution < 1.29 is 4.79 Å². The Morgan fingerprint density at radius 3 is 2.58 bits per heavy atom. The van der Waals surface area contributed by atoms with Gasteiger partial charge in [-0.3, -0.25) is 14.7 Å². The first-order valence-electron chi connectivity index (χ1n) is 6.57. The minimum atomic E-state index is -0.0703. The molecule has 0 aliphatic rings. The number of hydrogen-bond acceptors (Lipinski definition) is 4. The summed E-state index contributed by atoms with van der Waals surface area (Å²) in [5, 5.41) is 0. The number of rotatable bonds is 6. The van der Waals surface area contributed by atoms with E-state index >= 15 is 0 Å². The number of hydrogen-bond donors (Lipinski definition) is 1. The molecule has 2 unspecified atom stereocenters. The first kappa shape index (κ1) is 15.6. The molecule has 1 heterocycles. The van der Waals surface area contributed by atoms with Crippen LogP contribution in [0.25, 0.3) is 0 Å². The molecule has 1 amide bonds. The van der Waals surface area contributed by atoms with Crippen molar-refractivity contribution in [2.75, 3.05) is 27.2 Å². The summed E-state index contributed by atoms with van der Waals surface area (Å²) in [5.41, 5.74) is 7.15. The number of carbonyl (C=O) groups excluding carboxylic acids is 1. The summed E-state index contributed by atoms with van der Waals surface area (Å²) in [6.07, 6.45) is 3.56. The number of amides is 1. The Bertz CT molecular complexity index is 392. The number of nitrogens with zero attached hydrogens (tertiary/aromatic N) is 3. The van der Waals surface area contributed by atoms with Crippen LogP contribution >= 0.6 is 0 Å². The highest BCUT2D eigenvalue weighted by atomic mass is 16.2. The van der Waals surface area contributed by atoms with Crippen LogP contribution in [0.4, 0.5) is 0 Å². The third-order valence-electron chi connectivity index (χ3n) is 3.16. The van der Waals surface area contributed by atoms with Gasteiger partial charge in [0.15, 0.2) is 0 Å². The van der Waals surface area contributed by atoms with E-state index in [1.165, 1.54) is 0 Å². The lowest BCUT2D eigenvalue weighted by Gasteiger charge is -2.33. The molecule has 1 aromatic rings. The average Bonchev–Trinajstić information content (AvgIpc) is 2.38. The highest BCUT2D eigenvalue weighted by molar-refractivity contribution is 5.77. The molecular formula is C14H24N4O. The molecule has 0 spiro atoms. The van der Waals surface area contributed by atoms with Crippen molar-refractivity contribution in [2.45, 2.75) is 25.9 Å². The summed E-state index contributed by atoms with van der Waals surface area (Å²) in [5.74, 6) is 0.0800. The second-order valence-electron chi connectivity index (χ2n) is 4.94. The molecule has 19 heavy (non-hydrogen) atoms. The average molecular weight is 264 g/mol. The van der Waals surface area contributed by atoms with E-state index in [2.05, 4.69) is 9.88 Å². The second kappa shape index (κ2) is 7.21. The van der Waals surface area contributed by atoms with Crippen molar-refractivity contribution in [3.05, 3.63) is 30.1 Å². The lowest BCUT2D eigenvalue weighted by atomic mass is 10.0. The Morgan fingerprint density at radius 1 is 1.47 bits per heavy atom. The van der Waals surface area contributed by atoms with E-state index in [0.717, 1.165) is 12.1 Å². The van der Waals surface area contributed by atoms with E-state index in [1.54, 1.807) is 25.2 Å². The summed E-state index contributed by atoms with van der Waals surface area (Å²) in [6, 6.07) is 3.83. The summed E-state index contributed by atoms with van der Waals surface area (Å²) in [7, 11) is 3.53. The summed E-state index contributed by atoms with van der Waals surface area (Å²) < 4.78 is 0. The van der Waals surface area contributed by atoms with Gasteiger partial charge in [-0.05, 0) is 25.1 Å². The van der Waals surface area contributed by atoms with Crippen LogP contribution in [0.2, 0.25) is 0 Å². The van der Waals surface area contributed by atoms with Crippen LogP contribution in [0.1, 0.15) is 25.5 Å². The van der Waals surface area contributed by atoms with Crippen molar-refractivity contribution in [2.24, 2.45) is 5.73 Å². The van der Waals surface area contributed by atoms with Crippen LogP contribution in [0, 0.1) is 0 Å². The predicted molar refractivity (Wildman–Crippen MR) is 76.6 cm³/mol. The van der Waals surface area contributed by atoms with Gasteiger partial charge in [-0.25, -0.2) is 0 Å². The molecule has 2 N–H and O–H groups in total. The largest absolute Gasteiger partial charge is 0.348 e. The van der Waals surface area contributed by atoms with Gasteiger partial charge < -0.3 is 10.6 Å². The molecule has 1 rings (SSSR count). The second-order valence-corrected chi connectivity index (χ2v) is 4.94. The van der Waals surface area contributed by atoms with E-state index in [9.17, 15) is 4.79 Å². The first-order chi connectivity index (χ1) is 8.97. The van der Waals surface area contributed by atoms with Crippen molar-refractivity contribution in [1.82, 2.24) is 14.8 Å². The molecule has 5 heteroatoms. The Labute approximate surface area is 115 Å². The molecule has 0 fully saturated rings. The maximum Gasteiger partial charge on any atom is 0.236 e. The Morgan fingerprint density at radius 2 is 2.16 bits per heavy atom. The Kier molecular flexibility index (Phi) is 5.92. The highest BCUT2D eigenvalue weighted by Gasteiger charge is 2.25. The van der Waals surface area contributed by atoms with Gasteiger partial charge in [0.2, 0.25) is 5.91 Å².